The zero-order valence-electron chi connectivity index (χ0n) is 8.48. The second-order valence-corrected chi connectivity index (χ2v) is 4.33. The Balaban J connectivity index is 2.10. The smallest absolute Gasteiger partial charge is 0.224 e. The third-order valence-corrected chi connectivity index (χ3v) is 2.84. The summed E-state index contributed by atoms with van der Waals surface area (Å²) >= 11 is 9.05. The minimum atomic E-state index is 0.218. The standard InChI is InChI=1S/C9H9BrClN5/c1-16-6(2-3-14-16)4-12-8-7(10)5-13-9(11)15-8/h2-3,5H,4H2,1H3,(H,12,13,15). The lowest BCUT2D eigenvalue weighted by Crippen LogP contribution is -2.07. The van der Waals surface area contributed by atoms with E-state index in [1.54, 1.807) is 17.1 Å². The van der Waals surface area contributed by atoms with Gasteiger partial charge in [0.05, 0.1) is 16.7 Å². The molecular weight excluding hydrogens is 293 g/mol. The van der Waals surface area contributed by atoms with Crippen molar-refractivity contribution in [2.75, 3.05) is 5.32 Å². The summed E-state index contributed by atoms with van der Waals surface area (Å²) < 4.78 is 2.57. The number of nitrogens with one attached hydrogen (secondary N) is 1. The molecule has 0 spiro atoms. The first kappa shape index (κ1) is 11.3. The number of halogens is 2. The molecule has 0 saturated heterocycles. The highest BCUT2D eigenvalue weighted by molar-refractivity contribution is 9.10. The van der Waals surface area contributed by atoms with Gasteiger partial charge in [0, 0.05) is 19.4 Å². The van der Waals surface area contributed by atoms with E-state index in [4.69, 9.17) is 11.6 Å². The molecule has 0 radical (unpaired) electrons. The van der Waals surface area contributed by atoms with Crippen LogP contribution in [0.2, 0.25) is 5.28 Å². The SMILES string of the molecule is Cn1nccc1CNc1nc(Cl)ncc1Br. The molecule has 2 aromatic rings. The van der Waals surface area contributed by atoms with Crippen LogP contribution < -0.4 is 5.32 Å². The molecule has 1 N–H and O–H groups in total. The predicted molar refractivity (Wildman–Crippen MR) is 65.3 cm³/mol. The molecule has 0 bridgehead atoms. The topological polar surface area (TPSA) is 55.6 Å². The molecule has 0 fully saturated rings. The van der Waals surface area contributed by atoms with Crippen LogP contribution in [0.25, 0.3) is 0 Å². The van der Waals surface area contributed by atoms with Crippen molar-refractivity contribution in [3.05, 3.63) is 33.9 Å². The fraction of sp³-hybridized carbons (Fsp3) is 0.222. The van der Waals surface area contributed by atoms with Crippen LogP contribution in [0.5, 0.6) is 0 Å². The lowest BCUT2D eigenvalue weighted by atomic mass is 10.4. The Labute approximate surface area is 106 Å². The summed E-state index contributed by atoms with van der Waals surface area (Å²) in [6.45, 7) is 0.627. The molecule has 0 aliphatic carbocycles. The minimum absolute atomic E-state index is 0.218. The predicted octanol–water partition coefficient (Wildman–Crippen LogP) is 2.24. The summed E-state index contributed by atoms with van der Waals surface area (Å²) in [5.41, 5.74) is 1.06. The molecule has 16 heavy (non-hydrogen) atoms. The lowest BCUT2D eigenvalue weighted by molar-refractivity contribution is 0.719. The Hall–Kier alpha value is -1.14. The summed E-state index contributed by atoms with van der Waals surface area (Å²) in [6, 6.07) is 1.93. The molecule has 0 aliphatic rings. The van der Waals surface area contributed by atoms with Gasteiger partial charge in [-0.15, -0.1) is 0 Å². The van der Waals surface area contributed by atoms with E-state index in [-0.39, 0.29) is 5.28 Å². The fourth-order valence-electron chi connectivity index (χ4n) is 1.22. The van der Waals surface area contributed by atoms with E-state index in [0.29, 0.717) is 12.4 Å². The molecule has 0 aliphatic heterocycles. The molecule has 2 aromatic heterocycles. The maximum atomic E-state index is 5.71. The van der Waals surface area contributed by atoms with Crippen molar-refractivity contribution < 1.29 is 0 Å². The van der Waals surface area contributed by atoms with Gasteiger partial charge < -0.3 is 5.32 Å². The molecule has 7 heteroatoms. The molecule has 84 valence electrons. The van der Waals surface area contributed by atoms with Crippen LogP contribution in [0.1, 0.15) is 5.69 Å². The van der Waals surface area contributed by atoms with Gasteiger partial charge in [-0.1, -0.05) is 0 Å². The van der Waals surface area contributed by atoms with Crippen molar-refractivity contribution in [2.45, 2.75) is 6.54 Å². The maximum absolute atomic E-state index is 5.71. The average Bonchev–Trinajstić information content (AvgIpc) is 2.66. The Bertz CT molecular complexity index is 498. The van der Waals surface area contributed by atoms with Crippen molar-refractivity contribution in [2.24, 2.45) is 7.05 Å². The van der Waals surface area contributed by atoms with Crippen LogP contribution >= 0.6 is 27.5 Å². The summed E-state index contributed by atoms with van der Waals surface area (Å²) in [7, 11) is 1.89. The number of hydrogen-bond donors (Lipinski definition) is 1. The van der Waals surface area contributed by atoms with Crippen LogP contribution in [0.15, 0.2) is 22.9 Å². The molecule has 0 aromatic carbocycles. The summed E-state index contributed by atoms with van der Waals surface area (Å²) in [5, 5.41) is 7.45. The van der Waals surface area contributed by atoms with E-state index in [0.717, 1.165) is 10.2 Å². The fourth-order valence-corrected chi connectivity index (χ4v) is 1.68. The Morgan fingerprint density at radius 1 is 1.56 bits per heavy atom. The maximum Gasteiger partial charge on any atom is 0.224 e. The quantitative estimate of drug-likeness (QED) is 0.884. The molecule has 0 atom stereocenters. The van der Waals surface area contributed by atoms with Crippen LogP contribution in [0.4, 0.5) is 5.82 Å². The van der Waals surface area contributed by atoms with Gasteiger partial charge >= 0.3 is 0 Å². The van der Waals surface area contributed by atoms with Gasteiger partial charge in [0.2, 0.25) is 5.28 Å². The summed E-state index contributed by atoms with van der Waals surface area (Å²) in [5.74, 6) is 0.668. The zero-order chi connectivity index (χ0) is 11.5. The van der Waals surface area contributed by atoms with Crippen molar-refractivity contribution >= 4 is 33.3 Å². The number of hydrogen-bond acceptors (Lipinski definition) is 4. The van der Waals surface area contributed by atoms with Crippen LogP contribution in [-0.4, -0.2) is 19.7 Å². The number of aryl methyl sites for hydroxylation is 1. The molecule has 0 amide bonds. The average molecular weight is 303 g/mol. The van der Waals surface area contributed by atoms with Crippen molar-refractivity contribution in [3.63, 3.8) is 0 Å². The Morgan fingerprint density at radius 3 is 3.06 bits per heavy atom. The highest BCUT2D eigenvalue weighted by Gasteiger charge is 2.04. The van der Waals surface area contributed by atoms with Gasteiger partial charge in [-0.3, -0.25) is 4.68 Å². The third kappa shape index (κ3) is 2.51. The van der Waals surface area contributed by atoms with Crippen LogP contribution in [0, 0.1) is 0 Å². The van der Waals surface area contributed by atoms with Crippen molar-refractivity contribution in [3.8, 4) is 0 Å². The van der Waals surface area contributed by atoms with E-state index in [1.807, 2.05) is 13.1 Å². The largest absolute Gasteiger partial charge is 0.363 e. The van der Waals surface area contributed by atoms with Gasteiger partial charge in [0.15, 0.2) is 0 Å². The monoisotopic (exact) mass is 301 g/mol. The number of nitrogens with zero attached hydrogens (tertiary/aromatic N) is 4. The molecular formula is C9H9BrClN5. The number of rotatable bonds is 3. The van der Waals surface area contributed by atoms with Gasteiger partial charge in [-0.05, 0) is 33.6 Å². The second kappa shape index (κ2) is 4.80. The van der Waals surface area contributed by atoms with Gasteiger partial charge in [0.25, 0.3) is 0 Å². The van der Waals surface area contributed by atoms with Crippen molar-refractivity contribution in [1.82, 2.24) is 19.7 Å². The van der Waals surface area contributed by atoms with Gasteiger partial charge in [-0.25, -0.2) is 4.98 Å². The second-order valence-electron chi connectivity index (χ2n) is 3.14. The zero-order valence-corrected chi connectivity index (χ0v) is 10.8. The molecule has 2 heterocycles. The lowest BCUT2D eigenvalue weighted by Gasteiger charge is -2.07. The summed E-state index contributed by atoms with van der Waals surface area (Å²) in [4.78, 5) is 7.92. The molecule has 5 nitrogen and oxygen atoms in total. The van der Waals surface area contributed by atoms with Gasteiger partial charge in [-0.2, -0.15) is 10.1 Å². The van der Waals surface area contributed by atoms with E-state index in [2.05, 4.69) is 36.3 Å². The van der Waals surface area contributed by atoms with E-state index < -0.39 is 0 Å². The first-order valence-corrected chi connectivity index (χ1v) is 5.72. The molecule has 0 unspecified atom stereocenters. The third-order valence-electron chi connectivity index (χ3n) is 2.07. The van der Waals surface area contributed by atoms with Crippen LogP contribution in [-0.2, 0) is 13.6 Å². The number of anilines is 1. The van der Waals surface area contributed by atoms with E-state index >= 15 is 0 Å². The minimum Gasteiger partial charge on any atom is -0.363 e. The van der Waals surface area contributed by atoms with Crippen molar-refractivity contribution in [1.29, 1.82) is 0 Å². The summed E-state index contributed by atoms with van der Waals surface area (Å²) in [6.07, 6.45) is 3.36. The highest BCUT2D eigenvalue weighted by Crippen LogP contribution is 2.20. The van der Waals surface area contributed by atoms with Crippen LogP contribution in [0.3, 0.4) is 0 Å². The Kier molecular flexibility index (Phi) is 3.40. The van der Waals surface area contributed by atoms with Gasteiger partial charge in [0.1, 0.15) is 5.82 Å². The first-order chi connectivity index (χ1) is 7.66. The van der Waals surface area contributed by atoms with E-state index in [9.17, 15) is 0 Å². The molecule has 0 saturated carbocycles. The molecule has 2 rings (SSSR count). The normalized spacial score (nSPS) is 10.4. The van der Waals surface area contributed by atoms with E-state index in [1.165, 1.54) is 0 Å². The first-order valence-electron chi connectivity index (χ1n) is 4.55. The Morgan fingerprint density at radius 2 is 2.38 bits per heavy atom. The number of aromatic nitrogens is 4. The highest BCUT2D eigenvalue weighted by atomic mass is 79.9.